The molecule has 2 bridgehead atoms. The molecule has 3 aliphatic carbocycles. The van der Waals surface area contributed by atoms with Crippen molar-refractivity contribution in [3.63, 3.8) is 0 Å². The Morgan fingerprint density at radius 3 is 2.31 bits per heavy atom. The average Bonchev–Trinajstić information content (AvgIpc) is 3.56. The number of fused-ring (bicyclic) bond motifs is 1. The number of carbonyl (C=O) groups excluding carboxylic acids is 3. The van der Waals surface area contributed by atoms with Gasteiger partial charge in [0.25, 0.3) is 0 Å². The first-order valence-electron chi connectivity index (χ1n) is 11.3. The van der Waals surface area contributed by atoms with E-state index in [0.717, 1.165) is 51.4 Å². The summed E-state index contributed by atoms with van der Waals surface area (Å²) in [5, 5.41) is 6.27. The van der Waals surface area contributed by atoms with Crippen molar-refractivity contribution in [3.05, 3.63) is 12.2 Å². The monoisotopic (exact) mass is 399 g/mol. The molecule has 0 aromatic rings. The minimum atomic E-state index is -1.03. The van der Waals surface area contributed by atoms with Crippen LogP contribution in [0.5, 0.6) is 0 Å². The lowest BCUT2D eigenvalue weighted by atomic mass is 9.70. The van der Waals surface area contributed by atoms with Crippen LogP contribution >= 0.6 is 0 Å². The van der Waals surface area contributed by atoms with Gasteiger partial charge in [-0.25, -0.2) is 0 Å². The van der Waals surface area contributed by atoms with E-state index >= 15 is 0 Å². The van der Waals surface area contributed by atoms with Crippen molar-refractivity contribution < 1.29 is 19.1 Å². The second-order valence-electron chi connectivity index (χ2n) is 10.1. The Balaban J connectivity index is 1.36. The summed E-state index contributed by atoms with van der Waals surface area (Å²) < 4.78 is 6.49. The van der Waals surface area contributed by atoms with E-state index in [1.807, 2.05) is 19.1 Å². The number of ether oxygens (including phenoxy) is 1. The standard InChI is InChI=1S/C22H29N3O4/c1-21-10-11-22(29-21)16(15(21)18(26)23-13-6-7-13)20(28)25(14-8-9-14)17(22)19(27)24-12-4-2-3-5-12/h10-17H,2-9H2,1H3,(H,23,26)(H,24,27)/t15-,16+,17-,21+,22-/m1/s1. The van der Waals surface area contributed by atoms with Crippen molar-refractivity contribution in [1.82, 2.24) is 15.5 Å². The first-order chi connectivity index (χ1) is 13.9. The van der Waals surface area contributed by atoms with Crippen LogP contribution in [0.25, 0.3) is 0 Å². The average molecular weight is 399 g/mol. The van der Waals surface area contributed by atoms with E-state index in [9.17, 15) is 14.4 Å². The Morgan fingerprint density at radius 1 is 1.00 bits per heavy atom. The summed E-state index contributed by atoms with van der Waals surface area (Å²) in [6.07, 6.45) is 11.9. The molecule has 29 heavy (non-hydrogen) atoms. The third-order valence-electron chi connectivity index (χ3n) is 7.83. The summed E-state index contributed by atoms with van der Waals surface area (Å²) in [7, 11) is 0. The second-order valence-corrected chi connectivity index (χ2v) is 10.1. The molecule has 6 rings (SSSR count). The van der Waals surface area contributed by atoms with Crippen molar-refractivity contribution >= 4 is 17.7 Å². The molecule has 2 N–H and O–H groups in total. The molecule has 3 amide bonds. The zero-order valence-corrected chi connectivity index (χ0v) is 16.9. The molecule has 0 aromatic heterocycles. The van der Waals surface area contributed by atoms with Crippen LogP contribution in [0.15, 0.2) is 12.2 Å². The minimum Gasteiger partial charge on any atom is -0.356 e. The molecule has 156 valence electrons. The zero-order chi connectivity index (χ0) is 20.0. The maximum atomic E-state index is 13.6. The quantitative estimate of drug-likeness (QED) is 0.676. The van der Waals surface area contributed by atoms with Gasteiger partial charge in [0.15, 0.2) is 0 Å². The lowest BCUT2D eigenvalue weighted by Crippen LogP contribution is -2.56. The number of rotatable bonds is 5. The lowest BCUT2D eigenvalue weighted by molar-refractivity contribution is -0.145. The highest BCUT2D eigenvalue weighted by Crippen LogP contribution is 2.61. The molecule has 3 heterocycles. The van der Waals surface area contributed by atoms with Crippen molar-refractivity contribution in [2.24, 2.45) is 11.8 Å². The van der Waals surface area contributed by atoms with Gasteiger partial charge >= 0.3 is 0 Å². The van der Waals surface area contributed by atoms with Crippen LogP contribution in [-0.4, -0.2) is 58.0 Å². The number of hydrogen-bond acceptors (Lipinski definition) is 4. The lowest BCUT2D eigenvalue weighted by Gasteiger charge is -2.33. The van der Waals surface area contributed by atoms with E-state index in [1.165, 1.54) is 0 Å². The van der Waals surface area contributed by atoms with Gasteiger partial charge in [0.05, 0.1) is 17.4 Å². The van der Waals surface area contributed by atoms with Crippen molar-refractivity contribution in [3.8, 4) is 0 Å². The zero-order valence-electron chi connectivity index (χ0n) is 16.9. The molecule has 2 saturated heterocycles. The Kier molecular flexibility index (Phi) is 3.61. The predicted molar refractivity (Wildman–Crippen MR) is 104 cm³/mol. The molecule has 7 nitrogen and oxygen atoms in total. The number of amides is 3. The molecule has 6 aliphatic rings. The van der Waals surface area contributed by atoms with Gasteiger partial charge in [0.2, 0.25) is 17.7 Å². The molecule has 3 aliphatic heterocycles. The number of nitrogens with one attached hydrogen (secondary N) is 2. The van der Waals surface area contributed by atoms with Gasteiger partial charge < -0.3 is 20.3 Å². The fraction of sp³-hybridized carbons (Fsp3) is 0.773. The van der Waals surface area contributed by atoms with Crippen LogP contribution < -0.4 is 10.6 Å². The molecule has 5 atom stereocenters. The Morgan fingerprint density at radius 2 is 1.66 bits per heavy atom. The minimum absolute atomic E-state index is 0.0805. The van der Waals surface area contributed by atoms with E-state index < -0.39 is 29.1 Å². The van der Waals surface area contributed by atoms with E-state index in [1.54, 1.807) is 4.90 Å². The highest BCUT2D eigenvalue weighted by atomic mass is 16.5. The van der Waals surface area contributed by atoms with Crippen LogP contribution in [0.2, 0.25) is 0 Å². The van der Waals surface area contributed by atoms with Crippen LogP contribution in [0.1, 0.15) is 58.3 Å². The van der Waals surface area contributed by atoms with Gasteiger partial charge in [-0.1, -0.05) is 25.0 Å². The molecule has 1 spiro atoms. The summed E-state index contributed by atoms with van der Waals surface area (Å²) in [5.41, 5.74) is -1.86. The molecule has 0 aromatic carbocycles. The summed E-state index contributed by atoms with van der Waals surface area (Å²) in [5.74, 6) is -1.49. The van der Waals surface area contributed by atoms with Gasteiger partial charge in [-0.05, 0) is 45.4 Å². The largest absolute Gasteiger partial charge is 0.356 e. The van der Waals surface area contributed by atoms with E-state index in [2.05, 4.69) is 10.6 Å². The summed E-state index contributed by atoms with van der Waals surface area (Å²) in [6, 6.07) is -0.174. The molecule has 5 fully saturated rings. The van der Waals surface area contributed by atoms with Gasteiger partial charge in [-0.15, -0.1) is 0 Å². The van der Waals surface area contributed by atoms with Crippen molar-refractivity contribution in [2.75, 3.05) is 0 Å². The Bertz CT molecular complexity index is 813. The topological polar surface area (TPSA) is 87.7 Å². The molecular weight excluding hydrogens is 370 g/mol. The normalized spacial score (nSPS) is 43.1. The summed E-state index contributed by atoms with van der Waals surface area (Å²) >= 11 is 0. The molecule has 7 heteroatoms. The summed E-state index contributed by atoms with van der Waals surface area (Å²) in [6.45, 7) is 1.88. The van der Waals surface area contributed by atoms with Crippen LogP contribution in [0.4, 0.5) is 0 Å². The van der Waals surface area contributed by atoms with Crippen LogP contribution in [0.3, 0.4) is 0 Å². The number of hydrogen-bond donors (Lipinski definition) is 2. The van der Waals surface area contributed by atoms with Crippen molar-refractivity contribution in [2.45, 2.75) is 93.7 Å². The molecular formula is C22H29N3O4. The molecule has 0 radical (unpaired) electrons. The fourth-order valence-corrected chi connectivity index (χ4v) is 6.18. The Hall–Kier alpha value is -1.89. The van der Waals surface area contributed by atoms with Crippen LogP contribution in [-0.2, 0) is 19.1 Å². The van der Waals surface area contributed by atoms with E-state index in [-0.39, 0.29) is 35.8 Å². The van der Waals surface area contributed by atoms with Gasteiger partial charge in [-0.3, -0.25) is 14.4 Å². The maximum Gasteiger partial charge on any atom is 0.246 e. The fourth-order valence-electron chi connectivity index (χ4n) is 6.18. The third-order valence-corrected chi connectivity index (χ3v) is 7.83. The number of carbonyl (C=O) groups is 3. The van der Waals surface area contributed by atoms with E-state index in [4.69, 9.17) is 4.74 Å². The predicted octanol–water partition coefficient (Wildman–Crippen LogP) is 1.03. The first kappa shape index (κ1) is 17.9. The second kappa shape index (κ2) is 5.84. The molecule has 3 saturated carbocycles. The number of nitrogens with zero attached hydrogens (tertiary/aromatic N) is 1. The van der Waals surface area contributed by atoms with Crippen molar-refractivity contribution in [1.29, 1.82) is 0 Å². The highest BCUT2D eigenvalue weighted by Gasteiger charge is 2.77. The highest BCUT2D eigenvalue weighted by molar-refractivity contribution is 6.00. The summed E-state index contributed by atoms with van der Waals surface area (Å²) in [4.78, 5) is 42.0. The third kappa shape index (κ3) is 2.49. The van der Waals surface area contributed by atoms with Crippen LogP contribution in [0, 0.1) is 11.8 Å². The van der Waals surface area contributed by atoms with Gasteiger partial charge in [-0.2, -0.15) is 0 Å². The van der Waals surface area contributed by atoms with Gasteiger partial charge in [0.1, 0.15) is 11.6 Å². The SMILES string of the molecule is C[C@@]12C=C[C@@]3(O1)[C@H](C(=O)N(C1CC1)[C@@H]3C(=O)NC1CCCC1)[C@@H]2C(=O)NC1CC1. The number of likely N-dealkylation sites (tertiary alicyclic amines) is 1. The smallest absolute Gasteiger partial charge is 0.246 e. The molecule has 0 unspecified atom stereocenters. The van der Waals surface area contributed by atoms with E-state index in [0.29, 0.717) is 0 Å². The Labute approximate surface area is 170 Å². The first-order valence-corrected chi connectivity index (χ1v) is 11.3. The maximum absolute atomic E-state index is 13.6. The van der Waals surface area contributed by atoms with Gasteiger partial charge in [0, 0.05) is 18.1 Å².